The van der Waals surface area contributed by atoms with Crippen molar-refractivity contribution >= 4 is 23.5 Å². The average Bonchev–Trinajstić information content (AvgIpc) is 2.85. The van der Waals surface area contributed by atoms with Crippen LogP contribution in [0, 0.1) is 0 Å². The Kier molecular flexibility index (Phi) is 31.3. The van der Waals surface area contributed by atoms with Gasteiger partial charge in [-0.2, -0.15) is 23.5 Å². The van der Waals surface area contributed by atoms with Crippen LogP contribution >= 0.6 is 23.5 Å². The number of unbranched alkanes of at least 4 members (excludes halogenated alkanes) is 18. The van der Waals surface area contributed by atoms with Crippen LogP contribution in [0.4, 0.5) is 0 Å². The molecule has 2 unspecified atom stereocenters. The first-order chi connectivity index (χ1) is 17.2. The summed E-state index contributed by atoms with van der Waals surface area (Å²) < 4.78 is 5.55. The van der Waals surface area contributed by atoms with Crippen LogP contribution in [-0.2, 0) is 4.74 Å². The van der Waals surface area contributed by atoms with E-state index in [-0.39, 0.29) is 0 Å². The highest BCUT2D eigenvalue weighted by molar-refractivity contribution is 7.99. The minimum Gasteiger partial charge on any atom is -0.390 e. The van der Waals surface area contributed by atoms with Crippen LogP contribution in [0.5, 0.6) is 0 Å². The van der Waals surface area contributed by atoms with E-state index in [2.05, 4.69) is 13.8 Å². The predicted octanol–water partition coefficient (Wildman–Crippen LogP) is 9.03. The number of hydrogen-bond acceptors (Lipinski definition) is 5. The lowest BCUT2D eigenvalue weighted by Crippen LogP contribution is -2.24. The maximum Gasteiger partial charge on any atom is 0.0863 e. The fourth-order valence-corrected chi connectivity index (χ4v) is 6.14. The van der Waals surface area contributed by atoms with E-state index in [1.807, 2.05) is 23.5 Å². The van der Waals surface area contributed by atoms with Crippen LogP contribution in [-0.4, -0.2) is 58.6 Å². The second-order valence-electron chi connectivity index (χ2n) is 10.4. The first-order valence-corrected chi connectivity index (χ1v) is 17.6. The summed E-state index contributed by atoms with van der Waals surface area (Å²) in [5.74, 6) is 3.74. The van der Waals surface area contributed by atoms with E-state index in [4.69, 9.17) is 4.74 Å². The number of aliphatic hydroxyl groups is 2. The topological polar surface area (TPSA) is 49.7 Å². The molecule has 0 aromatic carbocycles. The van der Waals surface area contributed by atoms with Gasteiger partial charge >= 0.3 is 0 Å². The quantitative estimate of drug-likeness (QED) is 0.0900. The SMILES string of the molecule is CCCCCCCCCCCCSCC(O)COCC(O)CSCCCCCCCCCCCC. The number of aliphatic hydroxyl groups excluding tert-OH is 2. The number of ether oxygens (including phenoxy) is 1. The van der Waals surface area contributed by atoms with Gasteiger partial charge in [-0.15, -0.1) is 0 Å². The summed E-state index contributed by atoms with van der Waals surface area (Å²) in [7, 11) is 0. The Morgan fingerprint density at radius 2 is 0.743 bits per heavy atom. The van der Waals surface area contributed by atoms with Crippen molar-refractivity contribution in [2.45, 2.75) is 154 Å². The van der Waals surface area contributed by atoms with Crippen molar-refractivity contribution in [3.8, 4) is 0 Å². The van der Waals surface area contributed by atoms with Gasteiger partial charge in [-0.3, -0.25) is 0 Å². The van der Waals surface area contributed by atoms with Gasteiger partial charge in [0.25, 0.3) is 0 Å². The van der Waals surface area contributed by atoms with E-state index in [0.717, 1.165) is 23.0 Å². The standard InChI is InChI=1S/C30H62O3S2/c1-3-5-7-9-11-13-15-17-19-21-23-34-27-29(31)25-33-26-30(32)28-35-24-22-20-18-16-14-12-10-8-6-4-2/h29-32H,3-28H2,1-2H3. The van der Waals surface area contributed by atoms with E-state index < -0.39 is 12.2 Å². The third-order valence-corrected chi connectivity index (χ3v) is 8.92. The van der Waals surface area contributed by atoms with Gasteiger partial charge in [0, 0.05) is 11.5 Å². The maximum absolute atomic E-state index is 10.1. The Hall–Kier alpha value is 0.580. The van der Waals surface area contributed by atoms with Crippen molar-refractivity contribution < 1.29 is 14.9 Å². The Labute approximate surface area is 228 Å². The third kappa shape index (κ3) is 30.7. The summed E-state index contributed by atoms with van der Waals surface area (Å²) in [6.07, 6.45) is 26.5. The molecule has 0 heterocycles. The van der Waals surface area contributed by atoms with Gasteiger partial charge in [-0.05, 0) is 24.3 Å². The van der Waals surface area contributed by atoms with Crippen molar-refractivity contribution in [3.63, 3.8) is 0 Å². The normalized spacial score (nSPS) is 13.4. The van der Waals surface area contributed by atoms with Crippen LogP contribution in [0.15, 0.2) is 0 Å². The molecule has 0 bridgehead atoms. The van der Waals surface area contributed by atoms with Crippen LogP contribution < -0.4 is 0 Å². The van der Waals surface area contributed by atoms with E-state index in [1.54, 1.807) is 0 Å². The molecule has 0 aliphatic heterocycles. The lowest BCUT2D eigenvalue weighted by atomic mass is 10.1. The lowest BCUT2D eigenvalue weighted by Gasteiger charge is -2.14. The number of rotatable bonds is 30. The zero-order valence-corrected chi connectivity index (χ0v) is 25.3. The number of thioether (sulfide) groups is 2. The highest BCUT2D eigenvalue weighted by Gasteiger charge is 2.08. The molecule has 0 aromatic heterocycles. The molecule has 2 atom stereocenters. The Balaban J connectivity index is 3.27. The summed E-state index contributed by atoms with van der Waals surface area (Å²) >= 11 is 3.66. The molecular weight excluding hydrogens is 472 g/mol. The molecule has 0 saturated heterocycles. The van der Waals surface area contributed by atoms with Crippen molar-refractivity contribution in [2.24, 2.45) is 0 Å². The second-order valence-corrected chi connectivity index (χ2v) is 12.7. The molecule has 0 spiro atoms. The van der Waals surface area contributed by atoms with Gasteiger partial charge in [-0.1, -0.05) is 129 Å². The zero-order chi connectivity index (χ0) is 25.7. The first-order valence-electron chi connectivity index (χ1n) is 15.3. The summed E-state index contributed by atoms with van der Waals surface area (Å²) in [5, 5.41) is 20.2. The van der Waals surface area contributed by atoms with Crippen molar-refractivity contribution in [1.29, 1.82) is 0 Å². The van der Waals surface area contributed by atoms with Crippen LogP contribution in [0.1, 0.15) is 142 Å². The summed E-state index contributed by atoms with van der Waals surface area (Å²) in [5.41, 5.74) is 0. The molecule has 5 heteroatoms. The smallest absolute Gasteiger partial charge is 0.0863 e. The highest BCUT2D eigenvalue weighted by atomic mass is 32.2. The van der Waals surface area contributed by atoms with E-state index in [1.165, 1.54) is 128 Å². The van der Waals surface area contributed by atoms with Crippen molar-refractivity contribution in [2.75, 3.05) is 36.2 Å². The fraction of sp³-hybridized carbons (Fsp3) is 1.00. The van der Waals surface area contributed by atoms with Gasteiger partial charge in [0.1, 0.15) is 0 Å². The molecule has 0 aromatic rings. The predicted molar refractivity (Wildman–Crippen MR) is 161 cm³/mol. The summed E-state index contributed by atoms with van der Waals surface area (Å²) in [6, 6.07) is 0. The van der Waals surface area contributed by atoms with Crippen molar-refractivity contribution in [1.82, 2.24) is 0 Å². The molecule has 0 rings (SSSR count). The molecule has 0 aliphatic rings. The van der Waals surface area contributed by atoms with E-state index in [0.29, 0.717) is 13.2 Å². The monoisotopic (exact) mass is 534 g/mol. The van der Waals surface area contributed by atoms with Crippen LogP contribution in [0.3, 0.4) is 0 Å². The lowest BCUT2D eigenvalue weighted by molar-refractivity contribution is 0.00670. The Bertz CT molecular complexity index is 351. The molecule has 0 amide bonds. The molecule has 2 N–H and O–H groups in total. The molecule has 0 saturated carbocycles. The van der Waals surface area contributed by atoms with Gasteiger partial charge in [-0.25, -0.2) is 0 Å². The third-order valence-electron chi connectivity index (χ3n) is 6.53. The Morgan fingerprint density at radius 3 is 1.06 bits per heavy atom. The first kappa shape index (κ1) is 35.6. The fourth-order valence-electron chi connectivity index (χ4n) is 4.26. The molecule has 0 radical (unpaired) electrons. The average molecular weight is 535 g/mol. The minimum atomic E-state index is -0.422. The van der Waals surface area contributed by atoms with Gasteiger partial charge in [0.05, 0.1) is 25.4 Å². The second kappa shape index (κ2) is 30.8. The molecule has 212 valence electrons. The van der Waals surface area contributed by atoms with Gasteiger partial charge < -0.3 is 14.9 Å². The summed E-state index contributed by atoms with van der Waals surface area (Å²) in [4.78, 5) is 0. The number of hydrogen-bond donors (Lipinski definition) is 2. The Morgan fingerprint density at radius 1 is 0.457 bits per heavy atom. The van der Waals surface area contributed by atoms with Crippen LogP contribution in [0.2, 0.25) is 0 Å². The van der Waals surface area contributed by atoms with Gasteiger partial charge in [0.2, 0.25) is 0 Å². The zero-order valence-electron chi connectivity index (χ0n) is 23.7. The molecule has 0 fully saturated rings. The summed E-state index contributed by atoms with van der Waals surface area (Å²) in [6.45, 7) is 5.22. The van der Waals surface area contributed by atoms with E-state index in [9.17, 15) is 10.2 Å². The van der Waals surface area contributed by atoms with Gasteiger partial charge in [0.15, 0.2) is 0 Å². The molecule has 0 aliphatic carbocycles. The maximum atomic E-state index is 10.1. The molecular formula is C30H62O3S2. The molecule has 35 heavy (non-hydrogen) atoms. The van der Waals surface area contributed by atoms with Crippen molar-refractivity contribution in [3.05, 3.63) is 0 Å². The largest absolute Gasteiger partial charge is 0.390 e. The minimum absolute atomic E-state index is 0.338. The molecule has 3 nitrogen and oxygen atoms in total. The highest BCUT2D eigenvalue weighted by Crippen LogP contribution is 2.14. The van der Waals surface area contributed by atoms with Crippen LogP contribution in [0.25, 0.3) is 0 Å². The van der Waals surface area contributed by atoms with E-state index >= 15 is 0 Å².